The second-order valence-electron chi connectivity index (χ2n) is 5.55. The summed E-state index contributed by atoms with van der Waals surface area (Å²) in [7, 11) is 3.02. The molecule has 6 heteroatoms. The highest BCUT2D eigenvalue weighted by Crippen LogP contribution is 2.28. The number of ether oxygens (including phenoxy) is 2. The fourth-order valence-electron chi connectivity index (χ4n) is 2.83. The average Bonchev–Trinajstić information content (AvgIpc) is 3.07. The zero-order valence-electron chi connectivity index (χ0n) is 13.5. The van der Waals surface area contributed by atoms with Gasteiger partial charge in [-0.25, -0.2) is 9.78 Å². The highest BCUT2D eigenvalue weighted by molar-refractivity contribution is 5.94. The van der Waals surface area contributed by atoms with E-state index in [9.17, 15) is 4.79 Å². The number of imidazole rings is 1. The highest BCUT2D eigenvalue weighted by Gasteiger charge is 2.24. The molecule has 1 fully saturated rings. The van der Waals surface area contributed by atoms with Crippen molar-refractivity contribution in [2.24, 2.45) is 0 Å². The molecule has 0 amide bonds. The number of benzene rings is 1. The maximum Gasteiger partial charge on any atom is 0.358 e. The van der Waals surface area contributed by atoms with E-state index in [0.717, 1.165) is 37.2 Å². The Kier molecular flexibility index (Phi) is 4.50. The predicted octanol–water partition coefficient (Wildman–Crippen LogP) is 2.86. The number of hydrogen-bond donors (Lipinski definition) is 1. The molecular weight excluding hydrogens is 294 g/mol. The fourth-order valence-corrected chi connectivity index (χ4v) is 2.83. The number of aromatic amines is 1. The van der Waals surface area contributed by atoms with E-state index >= 15 is 0 Å². The average molecular weight is 315 g/mol. The van der Waals surface area contributed by atoms with E-state index in [2.05, 4.69) is 14.9 Å². The van der Waals surface area contributed by atoms with Crippen LogP contribution in [0.15, 0.2) is 24.3 Å². The SMILES string of the molecule is COC(=O)c1[nH]c(-c2ccc(OC)cc2)nc1N1CCCCC1. The van der Waals surface area contributed by atoms with Crippen LogP contribution in [0, 0.1) is 0 Å². The second-order valence-corrected chi connectivity index (χ2v) is 5.55. The second kappa shape index (κ2) is 6.73. The number of nitrogens with one attached hydrogen (secondary N) is 1. The highest BCUT2D eigenvalue weighted by atomic mass is 16.5. The van der Waals surface area contributed by atoms with Gasteiger partial charge in [0.05, 0.1) is 14.2 Å². The van der Waals surface area contributed by atoms with Gasteiger partial charge in [-0.1, -0.05) is 0 Å². The number of piperidine rings is 1. The van der Waals surface area contributed by atoms with Crippen molar-refractivity contribution in [2.45, 2.75) is 19.3 Å². The third-order valence-corrected chi connectivity index (χ3v) is 4.09. The van der Waals surface area contributed by atoms with Crippen LogP contribution in [0.4, 0.5) is 5.82 Å². The van der Waals surface area contributed by atoms with Crippen molar-refractivity contribution in [1.82, 2.24) is 9.97 Å². The van der Waals surface area contributed by atoms with Crippen molar-refractivity contribution in [3.63, 3.8) is 0 Å². The van der Waals surface area contributed by atoms with Crippen LogP contribution in [0.1, 0.15) is 29.8 Å². The molecule has 1 saturated heterocycles. The molecule has 0 bridgehead atoms. The van der Waals surface area contributed by atoms with E-state index < -0.39 is 5.97 Å². The number of carbonyl (C=O) groups excluding carboxylic acids is 1. The van der Waals surface area contributed by atoms with Crippen LogP contribution < -0.4 is 9.64 Å². The third kappa shape index (κ3) is 3.16. The van der Waals surface area contributed by atoms with Gasteiger partial charge < -0.3 is 19.4 Å². The van der Waals surface area contributed by atoms with Crippen molar-refractivity contribution >= 4 is 11.8 Å². The molecular formula is C17H21N3O3. The molecule has 0 radical (unpaired) electrons. The Morgan fingerprint density at radius 2 is 1.83 bits per heavy atom. The van der Waals surface area contributed by atoms with Crippen molar-refractivity contribution in [3.05, 3.63) is 30.0 Å². The number of aromatic nitrogens is 2. The topological polar surface area (TPSA) is 67.5 Å². The molecule has 0 aliphatic carbocycles. The molecule has 1 N–H and O–H groups in total. The maximum absolute atomic E-state index is 12.1. The number of hydrogen-bond acceptors (Lipinski definition) is 5. The molecule has 6 nitrogen and oxygen atoms in total. The summed E-state index contributed by atoms with van der Waals surface area (Å²) in [5, 5.41) is 0. The summed E-state index contributed by atoms with van der Waals surface area (Å²) >= 11 is 0. The van der Waals surface area contributed by atoms with Crippen molar-refractivity contribution in [2.75, 3.05) is 32.2 Å². The van der Waals surface area contributed by atoms with Gasteiger partial charge >= 0.3 is 5.97 Å². The maximum atomic E-state index is 12.1. The molecule has 23 heavy (non-hydrogen) atoms. The van der Waals surface area contributed by atoms with Gasteiger partial charge in [0.2, 0.25) is 0 Å². The van der Waals surface area contributed by atoms with E-state index in [1.54, 1.807) is 7.11 Å². The molecule has 1 aromatic heterocycles. The largest absolute Gasteiger partial charge is 0.497 e. The van der Waals surface area contributed by atoms with Gasteiger partial charge in [-0.3, -0.25) is 0 Å². The van der Waals surface area contributed by atoms with Gasteiger partial charge in [-0.15, -0.1) is 0 Å². The first-order valence-corrected chi connectivity index (χ1v) is 7.80. The molecule has 122 valence electrons. The molecule has 0 atom stereocenters. The Morgan fingerprint density at radius 3 is 2.43 bits per heavy atom. The van der Waals surface area contributed by atoms with Gasteiger partial charge in [-0.05, 0) is 43.5 Å². The molecule has 0 unspecified atom stereocenters. The minimum absolute atomic E-state index is 0.391. The molecule has 2 heterocycles. The van der Waals surface area contributed by atoms with Crippen molar-refractivity contribution < 1.29 is 14.3 Å². The van der Waals surface area contributed by atoms with Crippen LogP contribution in [0.2, 0.25) is 0 Å². The first-order valence-electron chi connectivity index (χ1n) is 7.80. The summed E-state index contributed by atoms with van der Waals surface area (Å²) in [6.45, 7) is 1.83. The van der Waals surface area contributed by atoms with Crippen LogP contribution in [0.3, 0.4) is 0 Å². The monoisotopic (exact) mass is 315 g/mol. The van der Waals surface area contributed by atoms with Crippen LogP contribution in [-0.2, 0) is 4.74 Å². The van der Waals surface area contributed by atoms with E-state index in [-0.39, 0.29) is 0 Å². The van der Waals surface area contributed by atoms with E-state index in [1.165, 1.54) is 13.5 Å². The Hall–Kier alpha value is -2.50. The van der Waals surface area contributed by atoms with Gasteiger partial charge in [0.1, 0.15) is 11.6 Å². The Balaban J connectivity index is 1.97. The quantitative estimate of drug-likeness (QED) is 0.879. The lowest BCUT2D eigenvalue weighted by molar-refractivity contribution is 0.0595. The smallest absolute Gasteiger partial charge is 0.358 e. The van der Waals surface area contributed by atoms with Gasteiger partial charge in [0, 0.05) is 18.7 Å². The van der Waals surface area contributed by atoms with Crippen molar-refractivity contribution in [1.29, 1.82) is 0 Å². The minimum atomic E-state index is -0.391. The van der Waals surface area contributed by atoms with Gasteiger partial charge in [0.25, 0.3) is 0 Å². The van der Waals surface area contributed by atoms with Gasteiger partial charge in [0.15, 0.2) is 11.5 Å². The molecule has 1 aliphatic heterocycles. The van der Waals surface area contributed by atoms with Crippen molar-refractivity contribution in [3.8, 4) is 17.1 Å². The summed E-state index contributed by atoms with van der Waals surface area (Å²) < 4.78 is 10.1. The van der Waals surface area contributed by atoms with Crippen LogP contribution in [-0.4, -0.2) is 43.2 Å². The first-order chi connectivity index (χ1) is 11.2. The zero-order valence-corrected chi connectivity index (χ0v) is 13.5. The predicted molar refractivity (Wildman–Crippen MR) is 88.0 cm³/mol. The normalized spacial score (nSPS) is 14.6. The summed E-state index contributed by atoms with van der Waals surface area (Å²) in [4.78, 5) is 22.0. The van der Waals surface area contributed by atoms with Crippen LogP contribution in [0.25, 0.3) is 11.4 Å². The lowest BCUT2D eigenvalue weighted by Crippen LogP contribution is -2.31. The number of carbonyl (C=O) groups is 1. The number of anilines is 1. The number of nitrogens with zero attached hydrogens (tertiary/aromatic N) is 2. The summed E-state index contributed by atoms with van der Waals surface area (Å²) in [6, 6.07) is 7.57. The standard InChI is InChI=1S/C17H21N3O3/c1-22-13-8-6-12(7-9-13)15-18-14(17(21)23-2)16(19-15)20-10-4-3-5-11-20/h6-9H,3-5,10-11H2,1-2H3,(H,18,19). The lowest BCUT2D eigenvalue weighted by atomic mass is 10.1. The molecule has 1 aromatic carbocycles. The summed E-state index contributed by atoms with van der Waals surface area (Å²) in [5.41, 5.74) is 1.32. The number of rotatable bonds is 4. The number of esters is 1. The van der Waals surface area contributed by atoms with Crippen LogP contribution >= 0.6 is 0 Å². The molecule has 3 rings (SSSR count). The third-order valence-electron chi connectivity index (χ3n) is 4.09. The van der Waals surface area contributed by atoms with Crippen LogP contribution in [0.5, 0.6) is 5.75 Å². The number of methoxy groups -OCH3 is 2. The van der Waals surface area contributed by atoms with E-state index in [1.807, 2.05) is 24.3 Å². The fraction of sp³-hybridized carbons (Fsp3) is 0.412. The molecule has 1 aliphatic rings. The van der Waals surface area contributed by atoms with Gasteiger partial charge in [-0.2, -0.15) is 0 Å². The minimum Gasteiger partial charge on any atom is -0.497 e. The molecule has 0 spiro atoms. The summed E-state index contributed by atoms with van der Waals surface area (Å²) in [5.74, 6) is 1.73. The van der Waals surface area contributed by atoms with E-state index in [4.69, 9.17) is 9.47 Å². The number of H-pyrrole nitrogens is 1. The Morgan fingerprint density at radius 1 is 1.13 bits per heavy atom. The summed E-state index contributed by atoms with van der Waals surface area (Å²) in [6.07, 6.45) is 3.45. The zero-order chi connectivity index (χ0) is 16.2. The van der Waals surface area contributed by atoms with E-state index in [0.29, 0.717) is 17.3 Å². The molecule has 0 saturated carbocycles. The Labute approximate surface area is 135 Å². The molecule has 2 aromatic rings. The first kappa shape index (κ1) is 15.4. The lowest BCUT2D eigenvalue weighted by Gasteiger charge is -2.27. The Bertz CT molecular complexity index is 673.